The van der Waals surface area contributed by atoms with Crippen LogP contribution >= 0.6 is 0 Å². The molecule has 0 unspecified atom stereocenters. The molecular formula is C13H13N3O. The number of carbonyl (C=O) groups is 1. The third kappa shape index (κ3) is 1.93. The first-order valence-corrected chi connectivity index (χ1v) is 5.68. The first kappa shape index (κ1) is 10.1. The summed E-state index contributed by atoms with van der Waals surface area (Å²) in [4.78, 5) is 15.7. The van der Waals surface area contributed by atoms with Gasteiger partial charge in [-0.1, -0.05) is 24.3 Å². The van der Waals surface area contributed by atoms with E-state index in [1.54, 1.807) is 12.4 Å². The van der Waals surface area contributed by atoms with E-state index in [9.17, 15) is 4.79 Å². The van der Waals surface area contributed by atoms with Gasteiger partial charge in [-0.2, -0.15) is 0 Å². The highest BCUT2D eigenvalue weighted by molar-refractivity contribution is 5.76. The Hall–Kier alpha value is -2.10. The van der Waals surface area contributed by atoms with Gasteiger partial charge in [-0.15, -0.1) is 0 Å². The van der Waals surface area contributed by atoms with E-state index in [2.05, 4.69) is 22.4 Å². The number of hydrogen-bond acceptors (Lipinski definition) is 2. The molecule has 86 valence electrons. The van der Waals surface area contributed by atoms with Crippen molar-refractivity contribution in [1.82, 2.24) is 14.9 Å². The Kier molecular flexibility index (Phi) is 2.40. The van der Waals surface area contributed by atoms with Gasteiger partial charge in [0.15, 0.2) is 0 Å². The van der Waals surface area contributed by atoms with Gasteiger partial charge in [0, 0.05) is 18.4 Å². The fraction of sp³-hybridized carbons (Fsp3) is 0.231. The predicted octanol–water partition coefficient (Wildman–Crippen LogP) is 1.61. The molecule has 0 saturated carbocycles. The molecular weight excluding hydrogens is 214 g/mol. The van der Waals surface area contributed by atoms with Gasteiger partial charge in [0.1, 0.15) is 6.33 Å². The molecule has 1 N–H and O–H groups in total. The lowest BCUT2D eigenvalue weighted by atomic mass is 10.1. The predicted molar refractivity (Wildman–Crippen MR) is 63.8 cm³/mol. The van der Waals surface area contributed by atoms with Gasteiger partial charge < -0.3 is 5.32 Å². The standard InChI is InChI=1S/C13H13N3O/c17-13(16-6-5-14-9-16)15-12-7-10-3-1-2-4-11(10)8-12/h1-6,9,12H,7-8H2,(H,15,17). The summed E-state index contributed by atoms with van der Waals surface area (Å²) in [6.45, 7) is 0. The lowest BCUT2D eigenvalue weighted by Gasteiger charge is -2.11. The second kappa shape index (κ2) is 4.05. The zero-order valence-corrected chi connectivity index (χ0v) is 9.34. The van der Waals surface area contributed by atoms with Gasteiger partial charge in [0.25, 0.3) is 0 Å². The van der Waals surface area contributed by atoms with Crippen LogP contribution in [0.1, 0.15) is 11.1 Å². The summed E-state index contributed by atoms with van der Waals surface area (Å²) in [7, 11) is 0. The largest absolute Gasteiger partial charge is 0.334 e. The fourth-order valence-corrected chi connectivity index (χ4v) is 2.29. The highest BCUT2D eigenvalue weighted by Gasteiger charge is 2.22. The quantitative estimate of drug-likeness (QED) is 0.804. The SMILES string of the molecule is O=C(NC1Cc2ccccc2C1)n1ccnc1. The minimum atomic E-state index is -0.111. The first-order valence-electron chi connectivity index (χ1n) is 5.68. The fourth-order valence-electron chi connectivity index (χ4n) is 2.29. The molecule has 1 aliphatic rings. The molecule has 0 spiro atoms. The van der Waals surface area contributed by atoms with Gasteiger partial charge in [-0.25, -0.2) is 9.78 Å². The number of carbonyl (C=O) groups excluding carboxylic acids is 1. The van der Waals surface area contributed by atoms with Crippen molar-refractivity contribution in [1.29, 1.82) is 0 Å². The maximum atomic E-state index is 11.8. The van der Waals surface area contributed by atoms with Crippen LogP contribution in [-0.2, 0) is 12.8 Å². The van der Waals surface area contributed by atoms with E-state index in [-0.39, 0.29) is 12.1 Å². The molecule has 0 fully saturated rings. The first-order chi connectivity index (χ1) is 8.33. The molecule has 17 heavy (non-hydrogen) atoms. The van der Waals surface area contributed by atoms with Crippen molar-refractivity contribution in [3.63, 3.8) is 0 Å². The van der Waals surface area contributed by atoms with E-state index in [4.69, 9.17) is 0 Å². The third-order valence-electron chi connectivity index (χ3n) is 3.12. The van der Waals surface area contributed by atoms with Crippen molar-refractivity contribution in [2.24, 2.45) is 0 Å². The highest BCUT2D eigenvalue weighted by atomic mass is 16.2. The van der Waals surface area contributed by atoms with Crippen LogP contribution in [-0.4, -0.2) is 21.6 Å². The second-order valence-corrected chi connectivity index (χ2v) is 4.29. The van der Waals surface area contributed by atoms with Gasteiger partial charge >= 0.3 is 6.03 Å². The van der Waals surface area contributed by atoms with E-state index in [0.29, 0.717) is 0 Å². The van der Waals surface area contributed by atoms with Crippen molar-refractivity contribution >= 4 is 6.03 Å². The summed E-state index contributed by atoms with van der Waals surface area (Å²) in [5.74, 6) is 0. The summed E-state index contributed by atoms with van der Waals surface area (Å²) in [5.41, 5.74) is 2.67. The highest BCUT2D eigenvalue weighted by Crippen LogP contribution is 2.21. The Bertz CT molecular complexity index is 508. The van der Waals surface area contributed by atoms with Gasteiger partial charge in [-0.3, -0.25) is 4.57 Å². The maximum Gasteiger partial charge on any atom is 0.327 e. The molecule has 1 aliphatic carbocycles. The molecule has 0 bridgehead atoms. The number of rotatable bonds is 1. The topological polar surface area (TPSA) is 46.9 Å². The van der Waals surface area contributed by atoms with Crippen LogP contribution in [0.5, 0.6) is 0 Å². The number of nitrogens with zero attached hydrogens (tertiary/aromatic N) is 2. The Morgan fingerprint density at radius 2 is 2.00 bits per heavy atom. The van der Waals surface area contributed by atoms with Crippen LogP contribution in [0.2, 0.25) is 0 Å². The number of amides is 1. The monoisotopic (exact) mass is 227 g/mol. The van der Waals surface area contributed by atoms with E-state index in [0.717, 1.165) is 12.8 Å². The molecule has 0 atom stereocenters. The molecule has 1 aromatic heterocycles. The lowest BCUT2D eigenvalue weighted by Crippen LogP contribution is -2.37. The Balaban J connectivity index is 1.68. The number of imidazole rings is 1. The van der Waals surface area contributed by atoms with E-state index in [1.807, 2.05) is 12.1 Å². The zero-order chi connectivity index (χ0) is 11.7. The minimum Gasteiger partial charge on any atom is -0.334 e. The second-order valence-electron chi connectivity index (χ2n) is 4.29. The van der Waals surface area contributed by atoms with E-state index >= 15 is 0 Å². The van der Waals surface area contributed by atoms with Crippen molar-refractivity contribution in [2.75, 3.05) is 0 Å². The van der Waals surface area contributed by atoms with Crippen molar-refractivity contribution in [3.8, 4) is 0 Å². The van der Waals surface area contributed by atoms with E-state index in [1.165, 1.54) is 22.0 Å². The number of aromatic nitrogens is 2. The average molecular weight is 227 g/mol. The van der Waals surface area contributed by atoms with Crippen LogP contribution in [0.4, 0.5) is 4.79 Å². The number of fused-ring (bicyclic) bond motifs is 1. The Morgan fingerprint density at radius 3 is 2.59 bits per heavy atom. The molecule has 1 aromatic carbocycles. The zero-order valence-electron chi connectivity index (χ0n) is 9.34. The Labute approximate surface area is 99.3 Å². The molecule has 0 aliphatic heterocycles. The molecule has 0 saturated heterocycles. The summed E-state index contributed by atoms with van der Waals surface area (Å²) in [6.07, 6.45) is 6.59. The van der Waals surface area contributed by atoms with E-state index < -0.39 is 0 Å². The van der Waals surface area contributed by atoms with Crippen LogP contribution in [0.25, 0.3) is 0 Å². The average Bonchev–Trinajstić information content (AvgIpc) is 2.97. The summed E-state index contributed by atoms with van der Waals surface area (Å²) in [5, 5.41) is 3.01. The minimum absolute atomic E-state index is 0.111. The van der Waals surface area contributed by atoms with Crippen molar-refractivity contribution < 1.29 is 4.79 Å². The molecule has 2 aromatic rings. The number of hydrogen-bond donors (Lipinski definition) is 1. The molecule has 0 radical (unpaired) electrons. The lowest BCUT2D eigenvalue weighted by molar-refractivity contribution is 0.239. The maximum absolute atomic E-state index is 11.8. The number of benzene rings is 1. The molecule has 4 heteroatoms. The summed E-state index contributed by atoms with van der Waals surface area (Å²) < 4.78 is 1.46. The van der Waals surface area contributed by atoms with Crippen molar-refractivity contribution in [2.45, 2.75) is 18.9 Å². The van der Waals surface area contributed by atoms with Gasteiger partial charge in [0.05, 0.1) is 0 Å². The normalized spacial score (nSPS) is 14.6. The van der Waals surface area contributed by atoms with Gasteiger partial charge in [-0.05, 0) is 24.0 Å². The van der Waals surface area contributed by atoms with Crippen LogP contribution in [0.15, 0.2) is 43.0 Å². The summed E-state index contributed by atoms with van der Waals surface area (Å²) in [6, 6.07) is 8.41. The van der Waals surface area contributed by atoms with Crippen LogP contribution in [0, 0.1) is 0 Å². The van der Waals surface area contributed by atoms with Crippen LogP contribution < -0.4 is 5.32 Å². The molecule has 4 nitrogen and oxygen atoms in total. The molecule has 1 heterocycles. The number of nitrogens with one attached hydrogen (secondary N) is 1. The smallest absolute Gasteiger partial charge is 0.327 e. The van der Waals surface area contributed by atoms with Crippen LogP contribution in [0.3, 0.4) is 0 Å². The molecule has 1 amide bonds. The third-order valence-corrected chi connectivity index (χ3v) is 3.12. The van der Waals surface area contributed by atoms with Crippen molar-refractivity contribution in [3.05, 3.63) is 54.1 Å². The Morgan fingerprint density at radius 1 is 1.29 bits per heavy atom. The summed E-state index contributed by atoms with van der Waals surface area (Å²) >= 11 is 0. The molecule has 3 rings (SSSR count). The van der Waals surface area contributed by atoms with Gasteiger partial charge in [0.2, 0.25) is 0 Å².